The third-order valence-corrected chi connectivity index (χ3v) is 5.24. The summed E-state index contributed by atoms with van der Waals surface area (Å²) in [5, 5.41) is 0.168. The molecule has 3 rings (SSSR count). The molecule has 0 fully saturated rings. The minimum atomic E-state index is -3.51. The molecule has 0 radical (unpaired) electrons. The quantitative estimate of drug-likeness (QED) is 0.919. The van der Waals surface area contributed by atoms with Crippen molar-refractivity contribution in [2.75, 3.05) is 6.54 Å². The van der Waals surface area contributed by atoms with E-state index < -0.39 is 10.0 Å². The number of nitrogens with one attached hydrogen (secondary N) is 1. The topological polar surface area (TPSA) is 79.0 Å². The molecule has 0 unspecified atom stereocenters. The van der Waals surface area contributed by atoms with E-state index in [1.165, 1.54) is 10.5 Å². The SMILES string of the molecule is CCc1ncc(S(=O)(=O)N2CCc3ncccc3C2)[nH]1. The summed E-state index contributed by atoms with van der Waals surface area (Å²) in [5.41, 5.74) is 1.95. The van der Waals surface area contributed by atoms with Gasteiger partial charge in [-0.1, -0.05) is 13.0 Å². The fraction of sp³-hybridized carbons (Fsp3) is 0.385. The Morgan fingerprint density at radius 3 is 3.00 bits per heavy atom. The Morgan fingerprint density at radius 2 is 2.25 bits per heavy atom. The van der Waals surface area contributed by atoms with Gasteiger partial charge in [-0.25, -0.2) is 13.4 Å². The van der Waals surface area contributed by atoms with Crippen molar-refractivity contribution in [2.24, 2.45) is 0 Å². The molecule has 6 nitrogen and oxygen atoms in total. The van der Waals surface area contributed by atoms with E-state index in [1.54, 1.807) is 6.20 Å². The van der Waals surface area contributed by atoms with Crippen molar-refractivity contribution in [3.05, 3.63) is 41.6 Å². The monoisotopic (exact) mass is 292 g/mol. The second-order valence-electron chi connectivity index (χ2n) is 4.75. The summed E-state index contributed by atoms with van der Waals surface area (Å²) in [6.07, 6.45) is 4.46. The maximum Gasteiger partial charge on any atom is 0.260 e. The minimum absolute atomic E-state index is 0.168. The van der Waals surface area contributed by atoms with Gasteiger partial charge in [0.2, 0.25) is 0 Å². The predicted molar refractivity (Wildman–Crippen MR) is 73.5 cm³/mol. The Morgan fingerprint density at radius 1 is 1.40 bits per heavy atom. The van der Waals surface area contributed by atoms with Crippen molar-refractivity contribution in [3.63, 3.8) is 0 Å². The van der Waals surface area contributed by atoms with Gasteiger partial charge >= 0.3 is 0 Å². The molecular weight excluding hydrogens is 276 g/mol. The summed E-state index contributed by atoms with van der Waals surface area (Å²) < 4.78 is 26.6. The predicted octanol–water partition coefficient (Wildman–Crippen LogP) is 1.11. The third-order valence-electron chi connectivity index (χ3n) is 3.49. The molecule has 1 N–H and O–H groups in total. The molecule has 0 aromatic carbocycles. The van der Waals surface area contributed by atoms with Crippen LogP contribution in [0.2, 0.25) is 0 Å². The summed E-state index contributed by atoms with van der Waals surface area (Å²) in [6.45, 7) is 2.75. The van der Waals surface area contributed by atoms with Crippen LogP contribution in [0.25, 0.3) is 0 Å². The minimum Gasteiger partial charge on any atom is -0.332 e. The highest BCUT2D eigenvalue weighted by atomic mass is 32.2. The summed E-state index contributed by atoms with van der Waals surface area (Å²) in [7, 11) is -3.51. The second kappa shape index (κ2) is 4.99. The van der Waals surface area contributed by atoms with Crippen LogP contribution in [-0.2, 0) is 29.4 Å². The van der Waals surface area contributed by atoms with Gasteiger partial charge in [0, 0.05) is 37.8 Å². The first-order valence-corrected chi connectivity index (χ1v) is 8.02. The molecule has 0 bridgehead atoms. The van der Waals surface area contributed by atoms with Crippen LogP contribution < -0.4 is 0 Å². The standard InChI is InChI=1S/C13H16N4O2S/c1-2-12-15-8-13(16-12)20(18,19)17-7-5-11-10(9-17)4-3-6-14-11/h3-4,6,8H,2,5,7,9H2,1H3,(H,15,16). The Bertz CT molecular complexity index is 723. The maximum atomic E-state index is 12.6. The summed E-state index contributed by atoms with van der Waals surface area (Å²) in [6, 6.07) is 3.76. The zero-order valence-electron chi connectivity index (χ0n) is 11.2. The number of pyridine rings is 1. The number of aromatic amines is 1. The molecule has 0 aliphatic carbocycles. The van der Waals surface area contributed by atoms with E-state index in [9.17, 15) is 8.42 Å². The first-order valence-electron chi connectivity index (χ1n) is 6.58. The molecule has 2 aromatic rings. The van der Waals surface area contributed by atoms with Crippen LogP contribution in [0.5, 0.6) is 0 Å². The van der Waals surface area contributed by atoms with Crippen LogP contribution in [0.4, 0.5) is 0 Å². The summed E-state index contributed by atoms with van der Waals surface area (Å²) in [5.74, 6) is 0.683. The Kier molecular flexibility index (Phi) is 3.31. The molecule has 1 aliphatic rings. The highest BCUT2D eigenvalue weighted by Crippen LogP contribution is 2.22. The molecule has 0 saturated carbocycles. The number of hydrogen-bond donors (Lipinski definition) is 1. The van der Waals surface area contributed by atoms with E-state index in [-0.39, 0.29) is 5.03 Å². The van der Waals surface area contributed by atoms with E-state index in [0.717, 1.165) is 11.3 Å². The van der Waals surface area contributed by atoms with Gasteiger partial charge < -0.3 is 4.98 Å². The van der Waals surface area contributed by atoms with Gasteiger partial charge in [-0.3, -0.25) is 4.98 Å². The molecule has 7 heteroatoms. The van der Waals surface area contributed by atoms with Gasteiger partial charge in [0.1, 0.15) is 5.82 Å². The lowest BCUT2D eigenvalue weighted by atomic mass is 10.1. The van der Waals surface area contributed by atoms with Gasteiger partial charge in [-0.15, -0.1) is 0 Å². The lowest BCUT2D eigenvalue weighted by molar-refractivity contribution is 0.386. The molecule has 1 aliphatic heterocycles. The van der Waals surface area contributed by atoms with Crippen LogP contribution in [0.1, 0.15) is 24.0 Å². The number of aromatic nitrogens is 3. The van der Waals surface area contributed by atoms with Crippen molar-refractivity contribution in [1.29, 1.82) is 0 Å². The Labute approximate surface area is 117 Å². The highest BCUT2D eigenvalue weighted by Gasteiger charge is 2.30. The first kappa shape index (κ1) is 13.3. The van der Waals surface area contributed by atoms with Crippen molar-refractivity contribution < 1.29 is 8.42 Å². The van der Waals surface area contributed by atoms with Gasteiger partial charge in [-0.05, 0) is 11.6 Å². The largest absolute Gasteiger partial charge is 0.332 e. The zero-order chi connectivity index (χ0) is 14.2. The smallest absolute Gasteiger partial charge is 0.260 e. The molecule has 20 heavy (non-hydrogen) atoms. The van der Waals surface area contributed by atoms with Gasteiger partial charge in [0.25, 0.3) is 10.0 Å². The van der Waals surface area contributed by atoms with Crippen LogP contribution in [0.15, 0.2) is 29.6 Å². The molecular formula is C13H16N4O2S. The second-order valence-corrected chi connectivity index (χ2v) is 6.65. The zero-order valence-corrected chi connectivity index (χ0v) is 12.0. The summed E-state index contributed by atoms with van der Waals surface area (Å²) >= 11 is 0. The van der Waals surface area contributed by atoms with Gasteiger partial charge in [0.05, 0.1) is 6.20 Å². The van der Waals surface area contributed by atoms with Crippen LogP contribution in [-0.4, -0.2) is 34.2 Å². The van der Waals surface area contributed by atoms with E-state index in [4.69, 9.17) is 0 Å². The van der Waals surface area contributed by atoms with Gasteiger partial charge in [0.15, 0.2) is 5.03 Å². The third kappa shape index (κ3) is 2.23. The number of aryl methyl sites for hydroxylation is 1. The first-order chi connectivity index (χ1) is 9.61. The van der Waals surface area contributed by atoms with Crippen LogP contribution in [0, 0.1) is 0 Å². The van der Waals surface area contributed by atoms with Crippen molar-refractivity contribution in [2.45, 2.75) is 31.3 Å². The molecule has 0 atom stereocenters. The van der Waals surface area contributed by atoms with E-state index in [2.05, 4.69) is 15.0 Å². The van der Waals surface area contributed by atoms with Crippen LogP contribution in [0.3, 0.4) is 0 Å². The van der Waals surface area contributed by atoms with Gasteiger partial charge in [-0.2, -0.15) is 4.31 Å². The number of imidazole rings is 1. The average molecular weight is 292 g/mol. The molecule has 106 valence electrons. The number of sulfonamides is 1. The van der Waals surface area contributed by atoms with E-state index in [1.807, 2.05) is 19.1 Å². The number of nitrogens with zero attached hydrogens (tertiary/aromatic N) is 3. The molecule has 3 heterocycles. The molecule has 0 saturated heterocycles. The number of rotatable bonds is 3. The Balaban J connectivity index is 1.90. The molecule has 2 aromatic heterocycles. The molecule has 0 spiro atoms. The fourth-order valence-corrected chi connectivity index (χ4v) is 3.69. The lowest BCUT2D eigenvalue weighted by Gasteiger charge is -2.26. The van der Waals surface area contributed by atoms with E-state index >= 15 is 0 Å². The van der Waals surface area contributed by atoms with Crippen molar-refractivity contribution >= 4 is 10.0 Å². The average Bonchev–Trinajstić information content (AvgIpc) is 2.96. The number of H-pyrrole nitrogens is 1. The van der Waals surface area contributed by atoms with E-state index in [0.29, 0.717) is 31.8 Å². The number of hydrogen-bond acceptors (Lipinski definition) is 4. The Hall–Kier alpha value is -1.73. The lowest BCUT2D eigenvalue weighted by Crippen LogP contribution is -2.36. The fourth-order valence-electron chi connectivity index (χ4n) is 2.34. The number of fused-ring (bicyclic) bond motifs is 1. The normalized spacial score (nSPS) is 16.1. The molecule has 0 amide bonds. The van der Waals surface area contributed by atoms with Crippen molar-refractivity contribution in [1.82, 2.24) is 19.3 Å². The highest BCUT2D eigenvalue weighted by molar-refractivity contribution is 7.89. The maximum absolute atomic E-state index is 12.6. The summed E-state index contributed by atoms with van der Waals surface area (Å²) in [4.78, 5) is 11.2. The van der Waals surface area contributed by atoms with Crippen molar-refractivity contribution in [3.8, 4) is 0 Å². The van der Waals surface area contributed by atoms with Crippen LogP contribution >= 0.6 is 0 Å².